The average Bonchev–Trinajstić information content (AvgIpc) is 2.27. The third kappa shape index (κ3) is 4.34. The molecular formula is C11H23ClN4O2. The zero-order chi connectivity index (χ0) is 13.1. The van der Waals surface area contributed by atoms with Crippen molar-refractivity contribution in [3.8, 4) is 0 Å². The van der Waals surface area contributed by atoms with Gasteiger partial charge in [0.1, 0.15) is 0 Å². The van der Waals surface area contributed by atoms with E-state index in [-0.39, 0.29) is 24.3 Å². The van der Waals surface area contributed by atoms with Crippen LogP contribution in [0.2, 0.25) is 0 Å². The van der Waals surface area contributed by atoms with Gasteiger partial charge in [-0.3, -0.25) is 4.79 Å². The average molecular weight is 279 g/mol. The van der Waals surface area contributed by atoms with Crippen LogP contribution in [0, 0.1) is 0 Å². The molecule has 106 valence electrons. The van der Waals surface area contributed by atoms with Gasteiger partial charge in [0.25, 0.3) is 0 Å². The highest BCUT2D eigenvalue weighted by molar-refractivity contribution is 5.85. The number of carbonyl (C=O) groups is 2. The number of halogens is 1. The molecule has 1 saturated heterocycles. The Labute approximate surface area is 114 Å². The van der Waals surface area contributed by atoms with Crippen LogP contribution < -0.4 is 11.1 Å². The number of rotatable bonds is 2. The minimum atomic E-state index is -0.839. The third-order valence-corrected chi connectivity index (χ3v) is 2.73. The van der Waals surface area contributed by atoms with Crippen LogP contribution in [0.4, 0.5) is 4.79 Å². The van der Waals surface area contributed by atoms with Gasteiger partial charge in [0.05, 0.1) is 5.54 Å². The van der Waals surface area contributed by atoms with Crippen molar-refractivity contribution in [1.29, 1.82) is 0 Å². The Balaban J connectivity index is 0.00000289. The molecule has 0 radical (unpaired) electrons. The summed E-state index contributed by atoms with van der Waals surface area (Å²) in [5, 5.41) is 2.75. The fourth-order valence-electron chi connectivity index (χ4n) is 1.78. The number of urea groups is 1. The van der Waals surface area contributed by atoms with E-state index in [1.54, 1.807) is 23.6 Å². The monoisotopic (exact) mass is 278 g/mol. The Morgan fingerprint density at radius 3 is 2.00 bits per heavy atom. The first-order valence-electron chi connectivity index (χ1n) is 5.97. The highest BCUT2D eigenvalue weighted by Crippen LogP contribution is 2.08. The lowest BCUT2D eigenvalue weighted by Crippen LogP contribution is -2.58. The maximum Gasteiger partial charge on any atom is 0.317 e. The first-order valence-corrected chi connectivity index (χ1v) is 5.97. The van der Waals surface area contributed by atoms with Crippen molar-refractivity contribution in [2.45, 2.75) is 26.3 Å². The van der Waals surface area contributed by atoms with E-state index in [0.29, 0.717) is 32.7 Å². The van der Waals surface area contributed by atoms with E-state index in [1.165, 1.54) is 0 Å². The van der Waals surface area contributed by atoms with Gasteiger partial charge >= 0.3 is 6.03 Å². The van der Waals surface area contributed by atoms with Crippen LogP contribution in [-0.4, -0.2) is 60.0 Å². The highest BCUT2D eigenvalue weighted by atomic mass is 35.5. The molecule has 0 spiro atoms. The number of carbonyl (C=O) groups excluding carboxylic acids is 2. The van der Waals surface area contributed by atoms with Crippen LogP contribution in [0.25, 0.3) is 0 Å². The molecule has 0 aliphatic carbocycles. The number of amides is 3. The number of piperazine rings is 1. The molecule has 0 atom stereocenters. The van der Waals surface area contributed by atoms with E-state index in [4.69, 9.17) is 5.73 Å². The predicted molar refractivity (Wildman–Crippen MR) is 72.7 cm³/mol. The topological polar surface area (TPSA) is 78.7 Å². The Morgan fingerprint density at radius 1 is 1.17 bits per heavy atom. The fourth-order valence-corrected chi connectivity index (χ4v) is 1.78. The summed E-state index contributed by atoms with van der Waals surface area (Å²) in [7, 11) is 0. The van der Waals surface area contributed by atoms with Crippen molar-refractivity contribution in [3.05, 3.63) is 0 Å². The van der Waals surface area contributed by atoms with Gasteiger partial charge in [-0.25, -0.2) is 4.79 Å². The molecule has 0 saturated carbocycles. The lowest BCUT2D eigenvalue weighted by atomic mass is 10.1. The van der Waals surface area contributed by atoms with Crippen molar-refractivity contribution in [2.75, 3.05) is 32.7 Å². The molecule has 0 aromatic heterocycles. The number of nitrogens with zero attached hydrogens (tertiary/aromatic N) is 2. The largest absolute Gasteiger partial charge is 0.338 e. The number of nitrogens with two attached hydrogens (primary N) is 1. The van der Waals surface area contributed by atoms with E-state index >= 15 is 0 Å². The van der Waals surface area contributed by atoms with Gasteiger partial charge < -0.3 is 20.9 Å². The van der Waals surface area contributed by atoms with Gasteiger partial charge in [-0.1, -0.05) is 0 Å². The molecule has 3 N–H and O–H groups in total. The fraction of sp³-hybridized carbons (Fsp3) is 0.818. The summed E-state index contributed by atoms with van der Waals surface area (Å²) in [6, 6.07) is -0.0633. The second kappa shape index (κ2) is 6.80. The van der Waals surface area contributed by atoms with Crippen molar-refractivity contribution < 1.29 is 9.59 Å². The first kappa shape index (κ1) is 17.0. The minimum absolute atomic E-state index is 0. The van der Waals surface area contributed by atoms with E-state index < -0.39 is 5.54 Å². The summed E-state index contributed by atoms with van der Waals surface area (Å²) in [4.78, 5) is 26.9. The van der Waals surface area contributed by atoms with Crippen LogP contribution in [0.3, 0.4) is 0 Å². The second-order valence-corrected chi connectivity index (χ2v) is 4.84. The molecule has 1 fully saturated rings. The summed E-state index contributed by atoms with van der Waals surface area (Å²) in [5.74, 6) is -0.0620. The van der Waals surface area contributed by atoms with Crippen LogP contribution in [0.5, 0.6) is 0 Å². The Kier molecular flexibility index (Phi) is 6.42. The Bertz CT molecular complexity index is 296. The number of hydrogen-bond acceptors (Lipinski definition) is 3. The van der Waals surface area contributed by atoms with E-state index in [2.05, 4.69) is 5.32 Å². The molecule has 0 aromatic rings. The lowest BCUT2D eigenvalue weighted by molar-refractivity contribution is -0.137. The summed E-state index contributed by atoms with van der Waals surface area (Å²) in [5.41, 5.74) is 4.93. The predicted octanol–water partition coefficient (Wildman–Crippen LogP) is 0.0192. The molecule has 0 bridgehead atoms. The van der Waals surface area contributed by atoms with Crippen LogP contribution in [0.1, 0.15) is 20.8 Å². The molecule has 1 aliphatic heterocycles. The van der Waals surface area contributed by atoms with Gasteiger partial charge in [0.2, 0.25) is 5.91 Å². The zero-order valence-electron chi connectivity index (χ0n) is 11.2. The summed E-state index contributed by atoms with van der Waals surface area (Å²) in [6.07, 6.45) is 0. The van der Waals surface area contributed by atoms with Crippen molar-refractivity contribution in [1.82, 2.24) is 15.1 Å². The van der Waals surface area contributed by atoms with Gasteiger partial charge in [0, 0.05) is 32.7 Å². The quantitative estimate of drug-likeness (QED) is 0.747. The normalized spacial score (nSPS) is 16.0. The van der Waals surface area contributed by atoms with Crippen LogP contribution in [-0.2, 0) is 4.79 Å². The molecular weight excluding hydrogens is 256 g/mol. The summed E-state index contributed by atoms with van der Waals surface area (Å²) >= 11 is 0. The maximum atomic E-state index is 11.9. The van der Waals surface area contributed by atoms with Gasteiger partial charge in [0.15, 0.2) is 0 Å². The summed E-state index contributed by atoms with van der Waals surface area (Å²) in [6.45, 7) is 8.13. The highest BCUT2D eigenvalue weighted by Gasteiger charge is 2.31. The zero-order valence-corrected chi connectivity index (χ0v) is 12.0. The molecule has 6 nitrogen and oxygen atoms in total. The Morgan fingerprint density at radius 2 is 1.61 bits per heavy atom. The molecule has 3 amide bonds. The van der Waals surface area contributed by atoms with Gasteiger partial charge in [-0.15, -0.1) is 12.4 Å². The molecule has 1 rings (SSSR count). The Hall–Kier alpha value is -1.01. The van der Waals surface area contributed by atoms with Gasteiger partial charge in [-0.05, 0) is 20.8 Å². The number of hydrogen-bond donors (Lipinski definition) is 2. The molecule has 1 heterocycles. The van der Waals surface area contributed by atoms with E-state index in [9.17, 15) is 9.59 Å². The maximum absolute atomic E-state index is 11.9. The first-order chi connectivity index (χ1) is 7.86. The molecule has 7 heteroatoms. The second-order valence-electron chi connectivity index (χ2n) is 4.84. The lowest BCUT2D eigenvalue weighted by Gasteiger charge is -2.37. The van der Waals surface area contributed by atoms with Crippen molar-refractivity contribution in [2.24, 2.45) is 5.73 Å². The molecule has 0 aromatic carbocycles. The molecule has 18 heavy (non-hydrogen) atoms. The molecule has 0 unspecified atom stereocenters. The third-order valence-electron chi connectivity index (χ3n) is 2.73. The van der Waals surface area contributed by atoms with E-state index in [1.807, 2.05) is 6.92 Å². The van der Waals surface area contributed by atoms with Crippen LogP contribution >= 0.6 is 12.4 Å². The van der Waals surface area contributed by atoms with E-state index in [0.717, 1.165) is 0 Å². The summed E-state index contributed by atoms with van der Waals surface area (Å²) < 4.78 is 0. The van der Waals surface area contributed by atoms with Gasteiger partial charge in [-0.2, -0.15) is 0 Å². The molecule has 1 aliphatic rings. The van der Waals surface area contributed by atoms with Crippen molar-refractivity contribution >= 4 is 24.3 Å². The number of nitrogens with one attached hydrogen (secondary N) is 1. The SMILES string of the molecule is CCNC(=O)N1CCN(C(=O)C(C)(C)N)CC1.Cl. The smallest absolute Gasteiger partial charge is 0.317 e. The van der Waals surface area contributed by atoms with Crippen molar-refractivity contribution in [3.63, 3.8) is 0 Å². The van der Waals surface area contributed by atoms with Crippen LogP contribution in [0.15, 0.2) is 0 Å². The standard InChI is InChI=1S/C11H22N4O2.ClH/c1-4-13-10(17)15-7-5-14(6-8-15)9(16)11(2,3)12;/h4-8,12H2,1-3H3,(H,13,17);1H. The minimum Gasteiger partial charge on any atom is -0.338 e.